The fraction of sp³-hybridized carbons (Fsp3) is 0.444. The highest BCUT2D eigenvalue weighted by atomic mass is 35.5. The molecule has 0 spiro atoms. The molecule has 2 saturated heterocycles. The number of hydrogen-bond donors (Lipinski definition) is 0. The van der Waals surface area contributed by atoms with E-state index < -0.39 is 22.5 Å². The number of pyridine rings is 2. The topological polar surface area (TPSA) is 105 Å². The van der Waals surface area contributed by atoms with Gasteiger partial charge < -0.3 is 37.9 Å². The number of piperazine rings is 2. The maximum atomic E-state index is 15.9. The molecule has 3 fully saturated rings. The van der Waals surface area contributed by atoms with Gasteiger partial charge in [-0.3, -0.25) is 9.59 Å². The summed E-state index contributed by atoms with van der Waals surface area (Å²) >= 11 is 0. The highest BCUT2D eigenvalue weighted by molar-refractivity contribution is 5.94. The Kier molecular flexibility index (Phi) is 9.47. The zero-order valence-electron chi connectivity index (χ0n) is 29.1. The van der Waals surface area contributed by atoms with Crippen LogP contribution in [0.4, 0.5) is 20.2 Å². The minimum atomic E-state index is -0.529. The molecular formula is C36H40Cl2F2N8O4. The number of ether oxygens (including phenoxy) is 1. The third-order valence-corrected chi connectivity index (χ3v) is 10.7. The van der Waals surface area contributed by atoms with Crippen LogP contribution in [0.15, 0.2) is 44.6 Å². The molecule has 1 unspecified atom stereocenters. The van der Waals surface area contributed by atoms with E-state index >= 15 is 8.78 Å². The molecule has 1 atom stereocenters. The van der Waals surface area contributed by atoms with Gasteiger partial charge in [-0.1, -0.05) is 0 Å². The van der Waals surface area contributed by atoms with Crippen molar-refractivity contribution in [3.8, 4) is 28.7 Å². The van der Waals surface area contributed by atoms with Crippen molar-refractivity contribution >= 4 is 58.0 Å². The van der Waals surface area contributed by atoms with Crippen LogP contribution in [0, 0.1) is 11.6 Å². The summed E-state index contributed by atoms with van der Waals surface area (Å²) in [6.45, 7) is 8.14. The van der Waals surface area contributed by atoms with Crippen LogP contribution in [0.3, 0.4) is 0 Å². The Morgan fingerprint density at radius 2 is 1.29 bits per heavy atom. The molecule has 3 aliphatic heterocycles. The van der Waals surface area contributed by atoms with Crippen molar-refractivity contribution in [2.75, 3.05) is 82.9 Å². The highest BCUT2D eigenvalue weighted by Crippen LogP contribution is 2.43. The first-order chi connectivity index (χ1) is 24.2. The summed E-state index contributed by atoms with van der Waals surface area (Å²) in [6, 6.07) is 4.36. The zero-order chi connectivity index (χ0) is 34.4. The third-order valence-electron chi connectivity index (χ3n) is 10.7. The monoisotopic (exact) mass is 756 g/mol. The molecule has 52 heavy (non-hydrogen) atoms. The largest absolute Gasteiger partial charge is 0.487 e. The first-order valence-electron chi connectivity index (χ1n) is 17.3. The lowest BCUT2D eigenvalue weighted by Gasteiger charge is -2.37. The van der Waals surface area contributed by atoms with Crippen molar-refractivity contribution in [2.45, 2.75) is 31.8 Å². The Morgan fingerprint density at radius 1 is 0.731 bits per heavy atom. The van der Waals surface area contributed by atoms with Crippen LogP contribution in [0.5, 0.6) is 5.75 Å². The molecule has 1 saturated carbocycles. The average molecular weight is 758 g/mol. The Morgan fingerprint density at radius 3 is 1.90 bits per heavy atom. The molecule has 16 heteroatoms. The minimum absolute atomic E-state index is 0. The molecule has 1 aliphatic carbocycles. The lowest BCUT2D eigenvalue weighted by atomic mass is 10.1. The number of rotatable bonds is 5. The second-order valence-corrected chi connectivity index (χ2v) is 14.2. The molecule has 0 amide bonds. The first-order valence-corrected chi connectivity index (χ1v) is 17.3. The number of fused-ring (bicyclic) bond motifs is 1. The van der Waals surface area contributed by atoms with Crippen LogP contribution in [0.2, 0.25) is 0 Å². The Hall–Kier alpha value is -4.24. The third kappa shape index (κ3) is 5.89. The van der Waals surface area contributed by atoms with Gasteiger partial charge in [0.25, 0.3) is 11.8 Å². The van der Waals surface area contributed by atoms with Gasteiger partial charge in [0.1, 0.15) is 29.2 Å². The fourth-order valence-electron chi connectivity index (χ4n) is 7.59. The predicted octanol–water partition coefficient (Wildman–Crippen LogP) is 4.95. The minimum Gasteiger partial charge on any atom is -0.487 e. The molecule has 0 bridgehead atoms. The van der Waals surface area contributed by atoms with Gasteiger partial charge in [0.2, 0.25) is 10.9 Å². The van der Waals surface area contributed by atoms with Gasteiger partial charge in [0.05, 0.1) is 28.1 Å². The van der Waals surface area contributed by atoms with Crippen molar-refractivity contribution < 1.29 is 17.9 Å². The van der Waals surface area contributed by atoms with E-state index in [1.54, 1.807) is 18.5 Å². The smallest absolute Gasteiger partial charge is 0.253 e. The average Bonchev–Trinajstić information content (AvgIpc) is 3.84. The summed E-state index contributed by atoms with van der Waals surface area (Å²) in [5.74, 6) is -0.788. The molecule has 12 nitrogen and oxygen atoms in total. The van der Waals surface area contributed by atoms with Crippen molar-refractivity contribution in [3.63, 3.8) is 0 Å². The lowest BCUT2D eigenvalue weighted by molar-refractivity contribution is 0.245. The van der Waals surface area contributed by atoms with E-state index in [1.165, 1.54) is 12.1 Å². The molecule has 5 aromatic rings. The van der Waals surface area contributed by atoms with Gasteiger partial charge in [-0.2, -0.15) is 0 Å². The van der Waals surface area contributed by atoms with Gasteiger partial charge >= 0.3 is 0 Å². The number of halogens is 4. The van der Waals surface area contributed by atoms with E-state index in [1.807, 2.05) is 40.0 Å². The SMILES string of the molecule is CC1COc2c(N3CCN(C)CC3)c(F)cc3c(=O)c(-c4nnc(-c5cn(C6CC6)c6cc(N7CCN(C)CC7)c(F)cc6c5=O)o4)cn1c23.Cl.Cl. The van der Waals surface area contributed by atoms with Crippen LogP contribution in [0.25, 0.3) is 44.7 Å². The summed E-state index contributed by atoms with van der Waals surface area (Å²) in [5, 5.41) is 8.78. The van der Waals surface area contributed by atoms with E-state index in [9.17, 15) is 9.59 Å². The summed E-state index contributed by atoms with van der Waals surface area (Å²) in [6.07, 6.45) is 5.23. The molecule has 6 heterocycles. The number of likely N-dealkylation sites (N-methyl/N-ethyl adjacent to an activating group) is 2. The van der Waals surface area contributed by atoms with E-state index in [0.717, 1.165) is 39.0 Å². The molecule has 0 radical (unpaired) electrons. The van der Waals surface area contributed by atoms with Gasteiger partial charge in [0.15, 0.2) is 11.6 Å². The van der Waals surface area contributed by atoms with Crippen molar-refractivity contribution in [1.29, 1.82) is 0 Å². The molecule has 4 aliphatic rings. The summed E-state index contributed by atoms with van der Waals surface area (Å²) in [5.41, 5.74) is 1.34. The predicted molar refractivity (Wildman–Crippen MR) is 201 cm³/mol. The molecule has 3 aromatic heterocycles. The molecule has 276 valence electrons. The zero-order valence-corrected chi connectivity index (χ0v) is 30.7. The first kappa shape index (κ1) is 36.1. The van der Waals surface area contributed by atoms with Crippen molar-refractivity contribution in [1.82, 2.24) is 29.1 Å². The Bertz CT molecular complexity index is 2310. The van der Waals surface area contributed by atoms with E-state index in [-0.39, 0.29) is 77.2 Å². The van der Waals surface area contributed by atoms with Gasteiger partial charge in [-0.25, -0.2) is 8.78 Å². The Labute approximate surface area is 310 Å². The number of aromatic nitrogens is 4. The fourth-order valence-corrected chi connectivity index (χ4v) is 7.59. The van der Waals surface area contributed by atoms with Crippen molar-refractivity contribution in [3.05, 3.63) is 62.7 Å². The molecule has 2 aromatic carbocycles. The van der Waals surface area contributed by atoms with E-state index in [4.69, 9.17) is 9.15 Å². The number of benzene rings is 2. The summed E-state index contributed by atoms with van der Waals surface area (Å²) in [7, 11) is 4.08. The highest BCUT2D eigenvalue weighted by Gasteiger charge is 2.32. The Balaban J connectivity index is 0.00000210. The number of nitrogens with zero attached hydrogens (tertiary/aromatic N) is 8. The molecule has 9 rings (SSSR count). The summed E-state index contributed by atoms with van der Waals surface area (Å²) < 4.78 is 47.7. The summed E-state index contributed by atoms with van der Waals surface area (Å²) in [4.78, 5) is 36.4. The lowest BCUT2D eigenvalue weighted by Crippen LogP contribution is -2.45. The van der Waals surface area contributed by atoms with Crippen LogP contribution >= 0.6 is 24.8 Å². The standard InChI is InChI=1S/C36H38F2N8O4.2ClH/c1-20-19-49-34-30-23(15-27(38)31(34)44-12-8-42(3)9-13-44)33(48)24(17-45(20)30)35-39-40-36(50-35)25-18-46(21-4-5-21)28-16-29(26(37)14-22(28)32(25)47)43-10-6-41(2)7-11-43;;/h14-18,20-21H,4-13,19H2,1-3H3;2*1H. The molecular weight excluding hydrogens is 717 g/mol. The van der Waals surface area contributed by atoms with Gasteiger partial charge in [-0.15, -0.1) is 35.0 Å². The molecule has 0 N–H and O–H groups in total. The maximum Gasteiger partial charge on any atom is 0.253 e. The van der Waals surface area contributed by atoms with Crippen LogP contribution < -0.4 is 25.4 Å². The quantitative estimate of drug-likeness (QED) is 0.245. The van der Waals surface area contributed by atoms with E-state index in [0.29, 0.717) is 54.3 Å². The van der Waals surface area contributed by atoms with Crippen LogP contribution in [0.1, 0.15) is 31.8 Å². The van der Waals surface area contributed by atoms with E-state index in [2.05, 4.69) is 20.0 Å². The second kappa shape index (κ2) is 13.6. The van der Waals surface area contributed by atoms with Crippen molar-refractivity contribution in [2.24, 2.45) is 0 Å². The maximum absolute atomic E-state index is 15.9. The van der Waals surface area contributed by atoms with Gasteiger partial charge in [0, 0.05) is 76.2 Å². The van der Waals surface area contributed by atoms with Gasteiger partial charge in [-0.05, 0) is 52.1 Å². The second-order valence-electron chi connectivity index (χ2n) is 14.2. The van der Waals surface area contributed by atoms with Crippen LogP contribution in [-0.2, 0) is 0 Å². The number of hydrogen-bond acceptors (Lipinski definition) is 10. The van der Waals surface area contributed by atoms with Crippen LogP contribution in [-0.4, -0.2) is 102 Å². The normalized spacial score (nSPS) is 19.4. The number of anilines is 2.